The van der Waals surface area contributed by atoms with Gasteiger partial charge in [-0.05, 0) is 46.9 Å². The fourth-order valence-corrected chi connectivity index (χ4v) is 2.97. The number of halogens is 1. The van der Waals surface area contributed by atoms with Gasteiger partial charge in [0, 0.05) is 4.47 Å². The molecule has 0 fully saturated rings. The molecule has 0 unspecified atom stereocenters. The van der Waals surface area contributed by atoms with Crippen molar-refractivity contribution in [3.63, 3.8) is 0 Å². The first-order chi connectivity index (χ1) is 7.27. The van der Waals surface area contributed by atoms with Gasteiger partial charge in [-0.2, -0.15) is 0 Å². The standard InChI is InChI=1S/C14H11Br/c1-9-6-7-12-13(15)8-10-4-2-3-5-11(10)14(9)12/h2-6,8H,7H2,1H3. The zero-order chi connectivity index (χ0) is 10.4. The van der Waals surface area contributed by atoms with Gasteiger partial charge in [0.2, 0.25) is 0 Å². The van der Waals surface area contributed by atoms with Crippen LogP contribution in [-0.4, -0.2) is 0 Å². The zero-order valence-corrected chi connectivity index (χ0v) is 10.1. The summed E-state index contributed by atoms with van der Waals surface area (Å²) in [5.74, 6) is 0. The minimum atomic E-state index is 1.06. The molecule has 0 atom stereocenters. The Morgan fingerprint density at radius 3 is 2.87 bits per heavy atom. The summed E-state index contributed by atoms with van der Waals surface area (Å²) in [6, 6.07) is 10.8. The van der Waals surface area contributed by atoms with E-state index in [1.807, 2.05) is 0 Å². The summed E-state index contributed by atoms with van der Waals surface area (Å²) in [5, 5.41) is 2.69. The zero-order valence-electron chi connectivity index (χ0n) is 8.55. The molecule has 0 N–H and O–H groups in total. The minimum Gasteiger partial charge on any atom is -0.0765 e. The number of allylic oxidation sites excluding steroid dienone is 2. The maximum atomic E-state index is 3.66. The Balaban J connectivity index is 2.50. The van der Waals surface area contributed by atoms with E-state index in [1.54, 1.807) is 0 Å². The Morgan fingerprint density at radius 1 is 1.20 bits per heavy atom. The second kappa shape index (κ2) is 3.21. The lowest BCUT2D eigenvalue weighted by Gasteiger charge is -2.09. The molecule has 0 amide bonds. The van der Waals surface area contributed by atoms with Crippen molar-refractivity contribution in [1.29, 1.82) is 0 Å². The monoisotopic (exact) mass is 258 g/mol. The lowest BCUT2D eigenvalue weighted by Crippen LogP contribution is -1.88. The van der Waals surface area contributed by atoms with Crippen LogP contribution in [0.2, 0.25) is 0 Å². The van der Waals surface area contributed by atoms with Gasteiger partial charge in [-0.15, -0.1) is 0 Å². The maximum Gasteiger partial charge on any atom is 0.0222 e. The molecule has 2 aromatic rings. The molecular formula is C14H11Br. The highest BCUT2D eigenvalue weighted by Crippen LogP contribution is 2.38. The molecule has 0 saturated carbocycles. The van der Waals surface area contributed by atoms with E-state index in [4.69, 9.17) is 0 Å². The van der Waals surface area contributed by atoms with Crippen LogP contribution in [0.3, 0.4) is 0 Å². The molecule has 0 nitrogen and oxygen atoms in total. The quantitative estimate of drug-likeness (QED) is 0.650. The molecule has 1 aliphatic rings. The molecule has 15 heavy (non-hydrogen) atoms. The highest BCUT2D eigenvalue weighted by Gasteiger charge is 2.16. The summed E-state index contributed by atoms with van der Waals surface area (Å²) in [7, 11) is 0. The Hall–Kier alpha value is -1.08. The van der Waals surface area contributed by atoms with Crippen LogP contribution in [-0.2, 0) is 6.42 Å². The molecule has 0 radical (unpaired) electrons. The van der Waals surface area contributed by atoms with E-state index in [1.165, 1.54) is 31.9 Å². The fraction of sp³-hybridized carbons (Fsp3) is 0.143. The van der Waals surface area contributed by atoms with Crippen LogP contribution in [0.1, 0.15) is 18.1 Å². The smallest absolute Gasteiger partial charge is 0.0222 e. The number of hydrogen-bond donors (Lipinski definition) is 0. The third kappa shape index (κ3) is 1.26. The molecule has 0 heterocycles. The second-order valence-corrected chi connectivity index (χ2v) is 4.88. The summed E-state index contributed by atoms with van der Waals surface area (Å²) >= 11 is 3.66. The van der Waals surface area contributed by atoms with Gasteiger partial charge in [-0.1, -0.05) is 46.3 Å². The number of benzene rings is 2. The summed E-state index contributed by atoms with van der Waals surface area (Å²) in [5.41, 5.74) is 4.27. The van der Waals surface area contributed by atoms with Gasteiger partial charge >= 0.3 is 0 Å². The third-order valence-electron chi connectivity index (χ3n) is 3.11. The molecule has 2 aromatic carbocycles. The van der Waals surface area contributed by atoms with Crippen LogP contribution in [0.25, 0.3) is 16.3 Å². The van der Waals surface area contributed by atoms with E-state index in [9.17, 15) is 0 Å². The number of hydrogen-bond acceptors (Lipinski definition) is 0. The largest absolute Gasteiger partial charge is 0.0765 e. The fourth-order valence-electron chi connectivity index (χ4n) is 2.36. The van der Waals surface area contributed by atoms with Gasteiger partial charge < -0.3 is 0 Å². The number of rotatable bonds is 0. The Labute approximate surface area is 97.7 Å². The van der Waals surface area contributed by atoms with E-state index in [0.717, 1.165) is 6.42 Å². The number of fused-ring (bicyclic) bond motifs is 3. The molecule has 0 bridgehead atoms. The van der Waals surface area contributed by atoms with Crippen LogP contribution in [0.4, 0.5) is 0 Å². The predicted molar refractivity (Wildman–Crippen MR) is 69.0 cm³/mol. The highest BCUT2D eigenvalue weighted by atomic mass is 79.9. The molecule has 0 aliphatic heterocycles. The predicted octanol–water partition coefficient (Wildman–Crippen LogP) is 4.56. The van der Waals surface area contributed by atoms with Gasteiger partial charge in [0.25, 0.3) is 0 Å². The third-order valence-corrected chi connectivity index (χ3v) is 3.82. The SMILES string of the molecule is CC1=CCc2c(Br)cc3ccccc3c21. The van der Waals surface area contributed by atoms with E-state index in [-0.39, 0.29) is 0 Å². The summed E-state index contributed by atoms with van der Waals surface area (Å²) in [4.78, 5) is 0. The molecule has 1 heteroatoms. The first kappa shape index (κ1) is 9.17. The van der Waals surface area contributed by atoms with Crippen LogP contribution < -0.4 is 0 Å². The van der Waals surface area contributed by atoms with E-state index >= 15 is 0 Å². The van der Waals surface area contributed by atoms with Crippen molar-refractivity contribution in [1.82, 2.24) is 0 Å². The summed E-state index contributed by atoms with van der Waals surface area (Å²) in [6.45, 7) is 2.20. The molecule has 3 rings (SSSR count). The summed E-state index contributed by atoms with van der Waals surface area (Å²) < 4.78 is 1.24. The van der Waals surface area contributed by atoms with Crippen molar-refractivity contribution in [3.05, 3.63) is 52.0 Å². The van der Waals surface area contributed by atoms with E-state index < -0.39 is 0 Å². The highest BCUT2D eigenvalue weighted by molar-refractivity contribution is 9.10. The van der Waals surface area contributed by atoms with Crippen LogP contribution in [0.5, 0.6) is 0 Å². The van der Waals surface area contributed by atoms with Crippen LogP contribution in [0, 0.1) is 0 Å². The molecule has 0 aromatic heterocycles. The van der Waals surface area contributed by atoms with E-state index in [2.05, 4.69) is 59.3 Å². The van der Waals surface area contributed by atoms with Crippen molar-refractivity contribution in [2.45, 2.75) is 13.3 Å². The van der Waals surface area contributed by atoms with Crippen molar-refractivity contribution < 1.29 is 0 Å². The lowest BCUT2D eigenvalue weighted by molar-refractivity contribution is 1.30. The first-order valence-corrected chi connectivity index (χ1v) is 5.94. The molecule has 0 spiro atoms. The van der Waals surface area contributed by atoms with Crippen LogP contribution >= 0.6 is 15.9 Å². The van der Waals surface area contributed by atoms with Crippen LogP contribution in [0.15, 0.2) is 40.9 Å². The average Bonchev–Trinajstić information content (AvgIpc) is 2.62. The van der Waals surface area contributed by atoms with E-state index in [0.29, 0.717) is 0 Å². The van der Waals surface area contributed by atoms with Crippen molar-refractivity contribution in [3.8, 4) is 0 Å². The lowest BCUT2D eigenvalue weighted by atomic mass is 9.98. The summed E-state index contributed by atoms with van der Waals surface area (Å²) in [6.07, 6.45) is 3.37. The normalized spacial score (nSPS) is 14.1. The minimum absolute atomic E-state index is 1.06. The van der Waals surface area contributed by atoms with Gasteiger partial charge in [0.1, 0.15) is 0 Å². The average molecular weight is 259 g/mol. The molecular weight excluding hydrogens is 248 g/mol. The van der Waals surface area contributed by atoms with Gasteiger partial charge in [0.15, 0.2) is 0 Å². The van der Waals surface area contributed by atoms with Gasteiger partial charge in [-0.25, -0.2) is 0 Å². The molecule has 0 saturated heterocycles. The Kier molecular flexibility index (Phi) is 1.96. The van der Waals surface area contributed by atoms with Crippen molar-refractivity contribution in [2.75, 3.05) is 0 Å². The molecule has 1 aliphatic carbocycles. The Bertz CT molecular complexity index is 579. The Morgan fingerprint density at radius 2 is 2.00 bits per heavy atom. The van der Waals surface area contributed by atoms with Crippen molar-refractivity contribution >= 4 is 32.3 Å². The first-order valence-electron chi connectivity index (χ1n) is 5.14. The maximum absolute atomic E-state index is 3.66. The van der Waals surface area contributed by atoms with Crippen molar-refractivity contribution in [2.24, 2.45) is 0 Å². The van der Waals surface area contributed by atoms with Gasteiger partial charge in [0.05, 0.1) is 0 Å². The second-order valence-electron chi connectivity index (χ2n) is 4.02. The molecule has 74 valence electrons. The van der Waals surface area contributed by atoms with Gasteiger partial charge in [-0.3, -0.25) is 0 Å². The topological polar surface area (TPSA) is 0 Å².